The Balaban J connectivity index is 2.22. The van der Waals surface area contributed by atoms with Crippen molar-refractivity contribution in [2.75, 3.05) is 20.3 Å². The summed E-state index contributed by atoms with van der Waals surface area (Å²) in [6, 6.07) is 1.53. The largest absolute Gasteiger partial charge is 0.463 e. The summed E-state index contributed by atoms with van der Waals surface area (Å²) in [5.41, 5.74) is 0. The monoisotopic (exact) mass is 228 g/mol. The van der Waals surface area contributed by atoms with Crippen LogP contribution in [0.1, 0.15) is 5.76 Å². The molecule has 16 heavy (non-hydrogen) atoms. The highest BCUT2D eigenvalue weighted by Gasteiger charge is 2.08. The number of aryl methyl sites for hydroxylation is 1. The minimum Gasteiger partial charge on any atom is -0.463 e. The van der Waals surface area contributed by atoms with Crippen LogP contribution in [-0.4, -0.2) is 37.3 Å². The SMILES string of the molecule is CNC(=O)COC(=O)COc1cc(C)on1. The minimum atomic E-state index is -0.649. The molecule has 0 atom stereocenters. The number of nitrogens with one attached hydrogen (secondary N) is 1. The Morgan fingerprint density at radius 2 is 2.25 bits per heavy atom. The van der Waals surface area contributed by atoms with Crippen LogP contribution in [0.15, 0.2) is 10.6 Å². The predicted molar refractivity (Wildman–Crippen MR) is 51.8 cm³/mol. The molecule has 1 N–H and O–H groups in total. The maximum Gasteiger partial charge on any atom is 0.344 e. The Bertz CT molecular complexity index is 374. The summed E-state index contributed by atoms with van der Waals surface area (Å²) in [4.78, 5) is 21.8. The van der Waals surface area contributed by atoms with Gasteiger partial charge in [0.05, 0.1) is 0 Å². The first-order valence-corrected chi connectivity index (χ1v) is 4.54. The molecule has 0 aliphatic rings. The third-order valence-electron chi connectivity index (χ3n) is 1.59. The van der Waals surface area contributed by atoms with Gasteiger partial charge in [0, 0.05) is 13.1 Å². The van der Waals surface area contributed by atoms with Crippen LogP contribution >= 0.6 is 0 Å². The highest BCUT2D eigenvalue weighted by atomic mass is 16.6. The van der Waals surface area contributed by atoms with Crippen molar-refractivity contribution in [2.45, 2.75) is 6.92 Å². The van der Waals surface area contributed by atoms with E-state index in [0.717, 1.165) is 0 Å². The molecule has 1 rings (SSSR count). The number of likely N-dealkylation sites (N-methyl/N-ethyl adjacent to an activating group) is 1. The van der Waals surface area contributed by atoms with Crippen LogP contribution in [0.2, 0.25) is 0 Å². The maximum atomic E-state index is 11.1. The van der Waals surface area contributed by atoms with Gasteiger partial charge in [-0.2, -0.15) is 0 Å². The van der Waals surface area contributed by atoms with E-state index >= 15 is 0 Å². The first kappa shape index (κ1) is 12.0. The lowest BCUT2D eigenvalue weighted by Crippen LogP contribution is -2.26. The van der Waals surface area contributed by atoms with Crippen molar-refractivity contribution in [3.8, 4) is 5.88 Å². The van der Waals surface area contributed by atoms with Crippen molar-refractivity contribution < 1.29 is 23.6 Å². The van der Waals surface area contributed by atoms with Crippen LogP contribution in [0.5, 0.6) is 5.88 Å². The Kier molecular flexibility index (Phi) is 4.31. The fourth-order valence-corrected chi connectivity index (χ4v) is 0.804. The molecule has 0 fully saturated rings. The van der Waals surface area contributed by atoms with Crippen LogP contribution < -0.4 is 10.1 Å². The van der Waals surface area contributed by atoms with Gasteiger partial charge in [-0.15, -0.1) is 0 Å². The molecular formula is C9H12N2O5. The number of ether oxygens (including phenoxy) is 2. The molecule has 7 nitrogen and oxygen atoms in total. The zero-order chi connectivity index (χ0) is 12.0. The standard InChI is InChI=1S/C9H12N2O5/c1-6-3-8(11-16-6)14-5-9(13)15-4-7(12)10-2/h3H,4-5H2,1-2H3,(H,10,12). The number of carbonyl (C=O) groups excluding carboxylic acids is 2. The van der Waals surface area contributed by atoms with E-state index in [1.54, 1.807) is 6.92 Å². The molecule has 0 aliphatic heterocycles. The highest BCUT2D eigenvalue weighted by molar-refractivity contribution is 5.80. The summed E-state index contributed by atoms with van der Waals surface area (Å²) in [5.74, 6) is -0.252. The zero-order valence-corrected chi connectivity index (χ0v) is 8.98. The number of carbonyl (C=O) groups is 2. The van der Waals surface area contributed by atoms with E-state index in [0.29, 0.717) is 5.76 Å². The van der Waals surface area contributed by atoms with Gasteiger partial charge in [0.1, 0.15) is 5.76 Å². The van der Waals surface area contributed by atoms with Crippen molar-refractivity contribution in [2.24, 2.45) is 0 Å². The van der Waals surface area contributed by atoms with Crippen molar-refractivity contribution >= 4 is 11.9 Å². The number of aromatic nitrogens is 1. The zero-order valence-electron chi connectivity index (χ0n) is 8.98. The van der Waals surface area contributed by atoms with Crippen molar-refractivity contribution in [1.29, 1.82) is 0 Å². The van der Waals surface area contributed by atoms with E-state index in [9.17, 15) is 9.59 Å². The Hall–Kier alpha value is -2.05. The summed E-state index contributed by atoms with van der Waals surface area (Å²) >= 11 is 0. The fraction of sp³-hybridized carbons (Fsp3) is 0.444. The van der Waals surface area contributed by atoms with E-state index < -0.39 is 5.97 Å². The van der Waals surface area contributed by atoms with Crippen LogP contribution in [0.3, 0.4) is 0 Å². The number of rotatable bonds is 5. The smallest absolute Gasteiger partial charge is 0.344 e. The van der Waals surface area contributed by atoms with E-state index in [1.165, 1.54) is 13.1 Å². The Labute approximate surface area is 91.7 Å². The first-order chi connectivity index (χ1) is 7.61. The molecule has 0 bridgehead atoms. The predicted octanol–water partition coefficient (Wildman–Crippen LogP) is -0.349. The van der Waals surface area contributed by atoms with Gasteiger partial charge >= 0.3 is 5.97 Å². The lowest BCUT2D eigenvalue weighted by atomic mass is 10.5. The molecule has 0 unspecified atom stereocenters. The van der Waals surface area contributed by atoms with Crippen LogP contribution in [0, 0.1) is 6.92 Å². The lowest BCUT2D eigenvalue weighted by Gasteiger charge is -2.03. The van der Waals surface area contributed by atoms with Crippen LogP contribution in [0.4, 0.5) is 0 Å². The molecule has 0 aromatic carbocycles. The van der Waals surface area contributed by atoms with Crippen molar-refractivity contribution in [3.63, 3.8) is 0 Å². The molecule has 0 aliphatic carbocycles. The summed E-state index contributed by atoms with van der Waals surface area (Å²) in [6.07, 6.45) is 0. The van der Waals surface area contributed by atoms with E-state index in [4.69, 9.17) is 9.26 Å². The molecule has 0 spiro atoms. The highest BCUT2D eigenvalue weighted by Crippen LogP contribution is 2.09. The molecule has 0 saturated carbocycles. The number of hydrogen-bond acceptors (Lipinski definition) is 6. The third kappa shape index (κ3) is 3.99. The second kappa shape index (κ2) is 5.74. The maximum absolute atomic E-state index is 11.1. The Morgan fingerprint density at radius 1 is 1.50 bits per heavy atom. The molecular weight excluding hydrogens is 216 g/mol. The van der Waals surface area contributed by atoms with E-state index in [2.05, 4.69) is 15.2 Å². The van der Waals surface area contributed by atoms with E-state index in [1.807, 2.05) is 0 Å². The average Bonchev–Trinajstić information content (AvgIpc) is 2.69. The quantitative estimate of drug-likeness (QED) is 0.693. The number of hydrogen-bond donors (Lipinski definition) is 1. The van der Waals surface area contributed by atoms with Gasteiger partial charge in [0.25, 0.3) is 11.8 Å². The molecule has 7 heteroatoms. The average molecular weight is 228 g/mol. The number of esters is 1. The van der Waals surface area contributed by atoms with Crippen molar-refractivity contribution in [1.82, 2.24) is 10.5 Å². The van der Waals surface area contributed by atoms with Gasteiger partial charge < -0.3 is 19.3 Å². The molecule has 88 valence electrons. The summed E-state index contributed by atoms with van der Waals surface area (Å²) in [5, 5.41) is 5.83. The normalized spacial score (nSPS) is 9.62. The molecule has 1 amide bonds. The van der Waals surface area contributed by atoms with Gasteiger partial charge in [0.2, 0.25) is 0 Å². The fourth-order valence-electron chi connectivity index (χ4n) is 0.804. The first-order valence-electron chi connectivity index (χ1n) is 4.54. The topological polar surface area (TPSA) is 90.7 Å². The van der Waals surface area contributed by atoms with Gasteiger partial charge in [-0.3, -0.25) is 4.79 Å². The van der Waals surface area contributed by atoms with Gasteiger partial charge in [-0.1, -0.05) is 0 Å². The third-order valence-corrected chi connectivity index (χ3v) is 1.59. The second-order valence-electron chi connectivity index (χ2n) is 2.90. The van der Waals surface area contributed by atoms with Gasteiger partial charge in [-0.25, -0.2) is 4.79 Å². The summed E-state index contributed by atoms with van der Waals surface area (Å²) in [7, 11) is 1.45. The molecule has 1 aromatic heterocycles. The Morgan fingerprint density at radius 3 is 2.81 bits per heavy atom. The number of nitrogens with zero attached hydrogens (tertiary/aromatic N) is 1. The van der Waals surface area contributed by atoms with Crippen LogP contribution in [0.25, 0.3) is 0 Å². The second-order valence-corrected chi connectivity index (χ2v) is 2.90. The van der Waals surface area contributed by atoms with Crippen LogP contribution in [-0.2, 0) is 14.3 Å². The molecule has 0 saturated heterocycles. The number of amides is 1. The van der Waals surface area contributed by atoms with Crippen molar-refractivity contribution in [3.05, 3.63) is 11.8 Å². The summed E-state index contributed by atoms with van der Waals surface area (Å²) < 4.78 is 14.3. The van der Waals surface area contributed by atoms with E-state index in [-0.39, 0.29) is 25.0 Å². The molecule has 1 heterocycles. The summed E-state index contributed by atoms with van der Waals surface area (Å²) in [6.45, 7) is 1.06. The lowest BCUT2D eigenvalue weighted by molar-refractivity contribution is -0.150. The minimum absolute atomic E-state index is 0.203. The molecule has 1 aromatic rings. The van der Waals surface area contributed by atoms with Gasteiger partial charge in [-0.05, 0) is 12.1 Å². The van der Waals surface area contributed by atoms with Gasteiger partial charge in [0.15, 0.2) is 13.2 Å². The molecule has 0 radical (unpaired) electrons.